The molecule has 0 aromatic heterocycles. The topological polar surface area (TPSA) is 3.24 Å². The van der Waals surface area contributed by atoms with Gasteiger partial charge in [-0.15, -0.1) is 0 Å². The lowest BCUT2D eigenvalue weighted by atomic mass is 9.85. The molecule has 0 saturated carbocycles. The molecule has 5 rings (SSSR count). The maximum absolute atomic E-state index is 6.26. The maximum atomic E-state index is 6.26. The number of likely N-dealkylation sites (N-methyl/N-ethyl adjacent to an activating group) is 1. The van der Waals surface area contributed by atoms with E-state index in [0.717, 1.165) is 11.4 Å². The SMILES string of the molecule is CC(C(Cc1cccc(C=Cc2ccccc2)c1)c1ccc(Cl)cc1)N(C)c1ccc2ccccc2c1. The monoisotopic (exact) mass is 501 g/mol. The number of anilines is 1. The van der Waals surface area contributed by atoms with Crippen LogP contribution in [0.1, 0.15) is 35.1 Å². The molecule has 0 heterocycles. The van der Waals surface area contributed by atoms with Crippen LogP contribution in [-0.4, -0.2) is 13.1 Å². The van der Waals surface area contributed by atoms with Crippen molar-refractivity contribution < 1.29 is 0 Å². The smallest absolute Gasteiger partial charge is 0.0406 e. The fraction of sp³-hybridized carbons (Fsp3) is 0.143. The van der Waals surface area contributed by atoms with Crippen molar-refractivity contribution >= 4 is 40.2 Å². The molecule has 2 atom stereocenters. The Balaban J connectivity index is 1.43. The summed E-state index contributed by atoms with van der Waals surface area (Å²) in [5.74, 6) is 0.294. The van der Waals surface area contributed by atoms with Crippen LogP contribution in [0.15, 0.2) is 121 Å². The molecule has 2 heteroatoms. The molecule has 0 aliphatic carbocycles. The second kappa shape index (κ2) is 11.5. The van der Waals surface area contributed by atoms with Gasteiger partial charge < -0.3 is 4.90 Å². The molecule has 5 aromatic rings. The Bertz CT molecular complexity index is 1490. The van der Waals surface area contributed by atoms with Gasteiger partial charge in [-0.05, 0) is 70.6 Å². The van der Waals surface area contributed by atoms with E-state index in [1.807, 2.05) is 18.2 Å². The number of rotatable bonds is 8. The van der Waals surface area contributed by atoms with E-state index in [1.54, 1.807) is 0 Å². The minimum Gasteiger partial charge on any atom is -0.371 e. The van der Waals surface area contributed by atoms with Gasteiger partial charge in [0, 0.05) is 29.7 Å². The number of fused-ring (bicyclic) bond motifs is 1. The van der Waals surface area contributed by atoms with E-state index in [2.05, 4.69) is 134 Å². The second-order valence-electron chi connectivity index (χ2n) is 9.73. The summed E-state index contributed by atoms with van der Waals surface area (Å²) in [5, 5.41) is 3.30. The van der Waals surface area contributed by atoms with Crippen LogP contribution in [0.3, 0.4) is 0 Å². The standard InChI is InChI=1S/C35H32ClN/c1-26(37(2)34-22-19-30-13-6-7-14-32(30)25-34)35(31-17-20-33(36)21-18-31)24-29-12-8-11-28(23-29)16-15-27-9-4-3-5-10-27/h3-23,25-26,35H,24H2,1-2H3. The van der Waals surface area contributed by atoms with Gasteiger partial charge in [-0.25, -0.2) is 0 Å². The van der Waals surface area contributed by atoms with E-state index in [0.29, 0.717) is 5.92 Å². The van der Waals surface area contributed by atoms with Crippen molar-refractivity contribution in [3.63, 3.8) is 0 Å². The third-order valence-corrected chi connectivity index (χ3v) is 7.56. The lowest BCUT2D eigenvalue weighted by Crippen LogP contribution is -2.35. The summed E-state index contributed by atoms with van der Waals surface area (Å²) in [6.45, 7) is 2.33. The summed E-state index contributed by atoms with van der Waals surface area (Å²) < 4.78 is 0. The third kappa shape index (κ3) is 6.13. The summed E-state index contributed by atoms with van der Waals surface area (Å²) in [6, 6.07) is 43.2. The molecular formula is C35H32ClN. The maximum Gasteiger partial charge on any atom is 0.0406 e. The van der Waals surface area contributed by atoms with Gasteiger partial charge in [-0.2, -0.15) is 0 Å². The zero-order valence-electron chi connectivity index (χ0n) is 21.4. The zero-order chi connectivity index (χ0) is 25.6. The van der Waals surface area contributed by atoms with E-state index < -0.39 is 0 Å². The third-order valence-electron chi connectivity index (χ3n) is 7.31. The summed E-state index contributed by atoms with van der Waals surface area (Å²) in [7, 11) is 2.21. The predicted molar refractivity (Wildman–Crippen MR) is 162 cm³/mol. The lowest BCUT2D eigenvalue weighted by Gasteiger charge is -2.34. The Morgan fingerprint density at radius 1 is 0.676 bits per heavy atom. The largest absolute Gasteiger partial charge is 0.371 e. The van der Waals surface area contributed by atoms with E-state index in [1.165, 1.54) is 38.7 Å². The molecule has 0 aliphatic rings. The summed E-state index contributed by atoms with van der Waals surface area (Å²) in [6.07, 6.45) is 5.31. The highest BCUT2D eigenvalue weighted by atomic mass is 35.5. The minimum atomic E-state index is 0.269. The van der Waals surface area contributed by atoms with Crippen LogP contribution in [0.5, 0.6) is 0 Å². The molecule has 0 bridgehead atoms. The minimum absolute atomic E-state index is 0.269. The van der Waals surface area contributed by atoms with E-state index in [4.69, 9.17) is 11.6 Å². The van der Waals surface area contributed by atoms with Gasteiger partial charge >= 0.3 is 0 Å². The highest BCUT2D eigenvalue weighted by Gasteiger charge is 2.24. The summed E-state index contributed by atoms with van der Waals surface area (Å²) in [5.41, 5.74) is 6.28. The predicted octanol–water partition coefficient (Wildman–Crippen LogP) is 9.51. The van der Waals surface area contributed by atoms with Crippen LogP contribution >= 0.6 is 11.6 Å². The van der Waals surface area contributed by atoms with Crippen molar-refractivity contribution in [1.29, 1.82) is 0 Å². The molecule has 0 spiro atoms. The van der Waals surface area contributed by atoms with Crippen molar-refractivity contribution in [3.05, 3.63) is 149 Å². The van der Waals surface area contributed by atoms with Crippen LogP contribution in [0.4, 0.5) is 5.69 Å². The summed E-state index contributed by atoms with van der Waals surface area (Å²) in [4.78, 5) is 2.41. The number of benzene rings is 5. The van der Waals surface area contributed by atoms with Crippen LogP contribution in [0.25, 0.3) is 22.9 Å². The van der Waals surface area contributed by atoms with Crippen molar-refractivity contribution in [1.82, 2.24) is 0 Å². The fourth-order valence-electron chi connectivity index (χ4n) is 5.01. The first kappa shape index (κ1) is 24.9. The molecule has 0 aliphatic heterocycles. The Hall–Kier alpha value is -3.81. The van der Waals surface area contributed by atoms with Crippen molar-refractivity contribution in [3.8, 4) is 0 Å². The molecule has 0 radical (unpaired) electrons. The van der Waals surface area contributed by atoms with E-state index in [9.17, 15) is 0 Å². The average Bonchev–Trinajstić information content (AvgIpc) is 2.95. The van der Waals surface area contributed by atoms with Gasteiger partial charge in [0.15, 0.2) is 0 Å². The first-order chi connectivity index (χ1) is 18.1. The molecule has 0 amide bonds. The molecule has 0 saturated heterocycles. The van der Waals surface area contributed by atoms with Crippen LogP contribution in [0.2, 0.25) is 5.02 Å². The number of hydrogen-bond donors (Lipinski definition) is 0. The number of halogens is 1. The molecular weight excluding hydrogens is 470 g/mol. The van der Waals surface area contributed by atoms with Crippen molar-refractivity contribution in [2.45, 2.75) is 25.3 Å². The number of nitrogens with zero attached hydrogens (tertiary/aromatic N) is 1. The van der Waals surface area contributed by atoms with Gasteiger partial charge in [-0.3, -0.25) is 0 Å². The Morgan fingerprint density at radius 2 is 1.35 bits per heavy atom. The van der Waals surface area contributed by atoms with Gasteiger partial charge in [-0.1, -0.05) is 121 Å². The fourth-order valence-corrected chi connectivity index (χ4v) is 5.14. The molecule has 37 heavy (non-hydrogen) atoms. The van der Waals surface area contributed by atoms with Gasteiger partial charge in [0.05, 0.1) is 0 Å². The number of hydrogen-bond acceptors (Lipinski definition) is 1. The quantitative estimate of drug-likeness (QED) is 0.191. The highest BCUT2D eigenvalue weighted by Crippen LogP contribution is 2.32. The van der Waals surface area contributed by atoms with Gasteiger partial charge in [0.2, 0.25) is 0 Å². The molecule has 2 unspecified atom stereocenters. The Labute approximate surface area is 225 Å². The molecule has 0 N–H and O–H groups in total. The molecule has 0 fully saturated rings. The van der Waals surface area contributed by atoms with Crippen molar-refractivity contribution in [2.24, 2.45) is 0 Å². The van der Waals surface area contributed by atoms with Gasteiger partial charge in [0.25, 0.3) is 0 Å². The molecule has 1 nitrogen and oxygen atoms in total. The zero-order valence-corrected chi connectivity index (χ0v) is 22.1. The van der Waals surface area contributed by atoms with Crippen LogP contribution < -0.4 is 4.90 Å². The van der Waals surface area contributed by atoms with Gasteiger partial charge in [0.1, 0.15) is 0 Å². The lowest BCUT2D eigenvalue weighted by molar-refractivity contribution is 0.540. The summed E-state index contributed by atoms with van der Waals surface area (Å²) >= 11 is 6.26. The molecule has 5 aromatic carbocycles. The Kier molecular flexibility index (Phi) is 7.73. The van der Waals surface area contributed by atoms with Crippen LogP contribution in [0, 0.1) is 0 Å². The highest BCUT2D eigenvalue weighted by molar-refractivity contribution is 6.30. The van der Waals surface area contributed by atoms with E-state index in [-0.39, 0.29) is 6.04 Å². The molecule has 184 valence electrons. The normalized spacial score (nSPS) is 13.1. The average molecular weight is 502 g/mol. The van der Waals surface area contributed by atoms with E-state index >= 15 is 0 Å². The Morgan fingerprint density at radius 3 is 2.14 bits per heavy atom. The second-order valence-corrected chi connectivity index (χ2v) is 10.2. The first-order valence-electron chi connectivity index (χ1n) is 12.9. The first-order valence-corrected chi connectivity index (χ1v) is 13.2. The van der Waals surface area contributed by atoms with Crippen molar-refractivity contribution in [2.75, 3.05) is 11.9 Å². The van der Waals surface area contributed by atoms with Crippen LogP contribution in [-0.2, 0) is 6.42 Å².